The Hall–Kier alpha value is -1.83. The Kier molecular flexibility index (Phi) is 4.90. The van der Waals surface area contributed by atoms with Gasteiger partial charge in [0.1, 0.15) is 0 Å². The summed E-state index contributed by atoms with van der Waals surface area (Å²) in [7, 11) is 0. The van der Waals surface area contributed by atoms with Crippen molar-refractivity contribution < 1.29 is 18.3 Å². The number of urea groups is 1. The van der Waals surface area contributed by atoms with E-state index < -0.39 is 18.7 Å². The molecule has 1 aliphatic rings. The molecule has 2 amide bonds. The minimum atomic E-state index is -2.82. The van der Waals surface area contributed by atoms with Crippen LogP contribution in [0.25, 0.3) is 0 Å². The van der Waals surface area contributed by atoms with Crippen molar-refractivity contribution in [1.29, 1.82) is 0 Å². The van der Waals surface area contributed by atoms with Crippen LogP contribution in [0.3, 0.4) is 0 Å². The smallest absolute Gasteiger partial charge is 0.322 e. The third-order valence-electron chi connectivity index (χ3n) is 3.40. The second-order valence-corrected chi connectivity index (χ2v) is 6.24. The van der Waals surface area contributed by atoms with E-state index in [1.54, 1.807) is 12.1 Å². The first-order chi connectivity index (χ1) is 10.3. The molecule has 0 unspecified atom stereocenters. The van der Waals surface area contributed by atoms with Gasteiger partial charge < -0.3 is 9.64 Å². The zero-order chi connectivity index (χ0) is 16.3. The fourth-order valence-corrected chi connectivity index (χ4v) is 2.16. The molecular weight excluding hydrogens is 294 g/mol. The number of likely N-dealkylation sites (tertiary alicyclic amines) is 1. The first-order valence-corrected chi connectivity index (χ1v) is 7.09. The summed E-state index contributed by atoms with van der Waals surface area (Å²) in [4.78, 5) is 13.5. The molecule has 8 heteroatoms. The van der Waals surface area contributed by atoms with E-state index >= 15 is 0 Å². The molecule has 0 spiro atoms. The summed E-state index contributed by atoms with van der Waals surface area (Å²) in [6.07, 6.45) is -0.230. The van der Waals surface area contributed by atoms with Crippen molar-refractivity contribution >= 4 is 11.8 Å². The van der Waals surface area contributed by atoms with Gasteiger partial charge in [-0.3, -0.25) is 5.32 Å². The lowest BCUT2D eigenvalue weighted by atomic mass is 9.92. The molecule has 1 fully saturated rings. The maximum atomic E-state index is 12.1. The number of amides is 2. The van der Waals surface area contributed by atoms with Crippen molar-refractivity contribution in [3.8, 4) is 0 Å². The molecule has 1 N–H and O–H groups in total. The monoisotopic (exact) mass is 314 g/mol. The molecule has 1 saturated heterocycles. The second-order valence-electron chi connectivity index (χ2n) is 6.24. The lowest BCUT2D eigenvalue weighted by Crippen LogP contribution is -2.34. The first kappa shape index (κ1) is 16.5. The van der Waals surface area contributed by atoms with Crippen LogP contribution in [0.1, 0.15) is 32.9 Å². The topological polar surface area (TPSA) is 67.4 Å². The average molecular weight is 314 g/mol. The molecule has 1 atom stereocenters. The number of carbonyl (C=O) groups excluding carboxylic acids is 1. The van der Waals surface area contributed by atoms with Crippen molar-refractivity contribution in [2.24, 2.45) is 0 Å². The molecule has 0 bridgehead atoms. The van der Waals surface area contributed by atoms with E-state index in [-0.39, 0.29) is 12.0 Å². The molecule has 0 aliphatic carbocycles. The van der Waals surface area contributed by atoms with Gasteiger partial charge in [0.25, 0.3) is 0 Å². The standard InChI is InChI=1S/C14H20F2N4O2/c1-14(2,3)10-4-5-11(19-18-10)17-13(21)20-7-6-9(8-20)22-12(15)16/h4-5,9,12H,6-8H2,1-3H3,(H,17,19,21)/t9-/m0/s1. The molecule has 0 aromatic carbocycles. The Balaban J connectivity index is 1.90. The van der Waals surface area contributed by atoms with Crippen LogP contribution in [0.4, 0.5) is 19.4 Å². The van der Waals surface area contributed by atoms with Gasteiger partial charge in [-0.05, 0) is 18.6 Å². The summed E-state index contributed by atoms with van der Waals surface area (Å²) in [6.45, 7) is 3.75. The van der Waals surface area contributed by atoms with Crippen LogP contribution in [0.5, 0.6) is 0 Å². The second kappa shape index (κ2) is 6.51. The van der Waals surface area contributed by atoms with Gasteiger partial charge in [0, 0.05) is 18.5 Å². The molecule has 1 aliphatic heterocycles. The van der Waals surface area contributed by atoms with Crippen molar-refractivity contribution in [1.82, 2.24) is 15.1 Å². The number of nitrogens with zero attached hydrogens (tertiary/aromatic N) is 3. The number of nitrogens with one attached hydrogen (secondary N) is 1. The fourth-order valence-electron chi connectivity index (χ4n) is 2.16. The molecule has 6 nitrogen and oxygen atoms in total. The number of hydrogen-bond donors (Lipinski definition) is 1. The highest BCUT2D eigenvalue weighted by Crippen LogP contribution is 2.20. The van der Waals surface area contributed by atoms with Crippen LogP contribution in [0.2, 0.25) is 0 Å². The summed E-state index contributed by atoms with van der Waals surface area (Å²) in [5.41, 5.74) is 0.696. The number of hydrogen-bond acceptors (Lipinski definition) is 4. The van der Waals surface area contributed by atoms with Crippen LogP contribution >= 0.6 is 0 Å². The van der Waals surface area contributed by atoms with Gasteiger partial charge in [-0.1, -0.05) is 20.8 Å². The van der Waals surface area contributed by atoms with E-state index in [2.05, 4.69) is 20.3 Å². The summed E-state index contributed by atoms with van der Waals surface area (Å²) in [5, 5.41) is 10.6. The van der Waals surface area contributed by atoms with Gasteiger partial charge >= 0.3 is 12.6 Å². The lowest BCUT2D eigenvalue weighted by molar-refractivity contribution is -0.158. The largest absolute Gasteiger partial charge is 0.345 e. The molecule has 122 valence electrons. The van der Waals surface area contributed by atoms with Crippen molar-refractivity contribution in [3.05, 3.63) is 17.8 Å². The van der Waals surface area contributed by atoms with Gasteiger partial charge in [-0.2, -0.15) is 13.9 Å². The maximum Gasteiger partial charge on any atom is 0.345 e. The maximum absolute atomic E-state index is 12.1. The van der Waals surface area contributed by atoms with Gasteiger partial charge in [0.2, 0.25) is 0 Å². The first-order valence-electron chi connectivity index (χ1n) is 7.09. The van der Waals surface area contributed by atoms with E-state index in [9.17, 15) is 13.6 Å². The highest BCUT2D eigenvalue weighted by molar-refractivity contribution is 5.88. The van der Waals surface area contributed by atoms with Crippen LogP contribution in [-0.2, 0) is 10.2 Å². The van der Waals surface area contributed by atoms with Gasteiger partial charge in [-0.15, -0.1) is 5.10 Å². The number of ether oxygens (including phenoxy) is 1. The number of rotatable bonds is 3. The molecule has 0 saturated carbocycles. The zero-order valence-corrected chi connectivity index (χ0v) is 12.8. The normalized spacial score (nSPS) is 18.8. The van der Waals surface area contributed by atoms with Crippen LogP contribution in [-0.4, -0.2) is 46.9 Å². The SMILES string of the molecule is CC(C)(C)c1ccc(NC(=O)N2CC[C@H](OC(F)F)C2)nn1. The Morgan fingerprint density at radius 1 is 1.41 bits per heavy atom. The van der Waals surface area contributed by atoms with Gasteiger partial charge in [0.05, 0.1) is 11.8 Å². The Morgan fingerprint density at radius 3 is 2.68 bits per heavy atom. The van der Waals surface area contributed by atoms with Gasteiger partial charge in [-0.25, -0.2) is 4.79 Å². The summed E-state index contributed by atoms with van der Waals surface area (Å²) >= 11 is 0. The van der Waals surface area contributed by atoms with E-state index in [0.717, 1.165) is 5.69 Å². The van der Waals surface area contributed by atoms with Gasteiger partial charge in [0.15, 0.2) is 5.82 Å². The van der Waals surface area contributed by atoms with E-state index in [0.29, 0.717) is 18.8 Å². The third-order valence-corrected chi connectivity index (χ3v) is 3.40. The van der Waals surface area contributed by atoms with Crippen molar-refractivity contribution in [2.45, 2.75) is 45.3 Å². The summed E-state index contributed by atoms with van der Waals surface area (Å²) in [6, 6.07) is 3.09. The van der Waals surface area contributed by atoms with Crippen LogP contribution < -0.4 is 5.32 Å². The average Bonchev–Trinajstić information content (AvgIpc) is 2.86. The molecule has 1 aromatic heterocycles. The summed E-state index contributed by atoms with van der Waals surface area (Å²) < 4.78 is 28.7. The predicted octanol–water partition coefficient (Wildman–Crippen LogP) is 2.62. The highest BCUT2D eigenvalue weighted by atomic mass is 19.3. The lowest BCUT2D eigenvalue weighted by Gasteiger charge is -2.18. The number of anilines is 1. The fraction of sp³-hybridized carbons (Fsp3) is 0.643. The molecule has 1 aromatic rings. The molecule has 2 heterocycles. The van der Waals surface area contributed by atoms with Crippen LogP contribution in [0, 0.1) is 0 Å². The number of aromatic nitrogens is 2. The molecule has 0 radical (unpaired) electrons. The molecular formula is C14H20F2N4O2. The van der Waals surface area contributed by atoms with Crippen molar-refractivity contribution in [2.75, 3.05) is 18.4 Å². The number of halogens is 2. The van der Waals surface area contributed by atoms with E-state index in [1.807, 2.05) is 20.8 Å². The van der Waals surface area contributed by atoms with E-state index in [4.69, 9.17) is 0 Å². The third kappa shape index (κ3) is 4.33. The Bertz CT molecular complexity index is 517. The number of alkyl halides is 2. The summed E-state index contributed by atoms with van der Waals surface area (Å²) in [5.74, 6) is 0.330. The van der Waals surface area contributed by atoms with E-state index in [1.165, 1.54) is 4.90 Å². The minimum absolute atomic E-state index is 0.121. The quantitative estimate of drug-likeness (QED) is 0.931. The molecule has 2 rings (SSSR count). The minimum Gasteiger partial charge on any atom is -0.322 e. The highest BCUT2D eigenvalue weighted by Gasteiger charge is 2.29. The Morgan fingerprint density at radius 2 is 2.14 bits per heavy atom. The Labute approximate surface area is 127 Å². The number of carbonyl (C=O) groups is 1. The van der Waals surface area contributed by atoms with Crippen LogP contribution in [0.15, 0.2) is 12.1 Å². The predicted molar refractivity (Wildman–Crippen MR) is 76.8 cm³/mol. The zero-order valence-electron chi connectivity index (χ0n) is 12.8. The van der Waals surface area contributed by atoms with Crippen molar-refractivity contribution in [3.63, 3.8) is 0 Å². The molecule has 22 heavy (non-hydrogen) atoms.